The van der Waals surface area contributed by atoms with Crippen molar-refractivity contribution in [2.75, 3.05) is 13.7 Å². The lowest BCUT2D eigenvalue weighted by Crippen LogP contribution is -2.30. The Morgan fingerprint density at radius 1 is 1.17 bits per heavy atom. The Morgan fingerprint density at radius 2 is 1.83 bits per heavy atom. The third kappa shape index (κ3) is 3.94. The Balaban J connectivity index is 2.15. The second kappa shape index (κ2) is 8.92. The van der Waals surface area contributed by atoms with E-state index in [1.165, 1.54) is 18.1 Å². The number of halogens is 1. The van der Waals surface area contributed by atoms with Crippen LogP contribution in [0.3, 0.4) is 0 Å². The SMILES string of the molecule is CCCN1C(=O)C(=O)/C(=C(\O)c2ccc(OC)c(Cl)c2)C1c1ccc(C(C)C)cc1. The fourth-order valence-electron chi connectivity index (χ4n) is 3.73. The van der Waals surface area contributed by atoms with Gasteiger partial charge < -0.3 is 14.7 Å². The minimum absolute atomic E-state index is 0.0759. The first-order valence-electron chi connectivity index (χ1n) is 10.0. The van der Waals surface area contributed by atoms with Gasteiger partial charge in [0.15, 0.2) is 0 Å². The molecule has 2 aromatic carbocycles. The van der Waals surface area contributed by atoms with Crippen molar-refractivity contribution < 1.29 is 19.4 Å². The number of rotatable bonds is 6. The number of benzene rings is 2. The summed E-state index contributed by atoms with van der Waals surface area (Å²) < 4.78 is 5.15. The fraction of sp³-hybridized carbons (Fsp3) is 0.333. The smallest absolute Gasteiger partial charge is 0.295 e. The second-order valence-electron chi connectivity index (χ2n) is 7.66. The summed E-state index contributed by atoms with van der Waals surface area (Å²) in [5, 5.41) is 11.3. The highest BCUT2D eigenvalue weighted by Crippen LogP contribution is 2.40. The van der Waals surface area contributed by atoms with Gasteiger partial charge in [0.1, 0.15) is 11.5 Å². The topological polar surface area (TPSA) is 66.8 Å². The molecule has 0 spiro atoms. The van der Waals surface area contributed by atoms with Crippen LogP contribution in [0, 0.1) is 0 Å². The van der Waals surface area contributed by atoms with Crippen LogP contribution < -0.4 is 4.74 Å². The molecule has 1 unspecified atom stereocenters. The van der Waals surface area contributed by atoms with Crippen molar-refractivity contribution in [3.63, 3.8) is 0 Å². The number of hydrogen-bond acceptors (Lipinski definition) is 4. The van der Waals surface area contributed by atoms with Gasteiger partial charge in [0, 0.05) is 12.1 Å². The quantitative estimate of drug-likeness (QED) is 0.385. The Bertz CT molecular complexity index is 995. The molecule has 6 heteroatoms. The molecule has 0 aromatic heterocycles. The van der Waals surface area contributed by atoms with Gasteiger partial charge in [-0.15, -0.1) is 0 Å². The van der Waals surface area contributed by atoms with E-state index in [0.29, 0.717) is 35.2 Å². The minimum Gasteiger partial charge on any atom is -0.507 e. The number of carbonyl (C=O) groups excluding carboxylic acids is 2. The summed E-state index contributed by atoms with van der Waals surface area (Å²) in [5.74, 6) is -0.709. The monoisotopic (exact) mass is 427 g/mol. The van der Waals surface area contributed by atoms with Crippen LogP contribution in [-0.2, 0) is 9.59 Å². The van der Waals surface area contributed by atoms with Crippen molar-refractivity contribution in [3.8, 4) is 5.75 Å². The Labute approximate surface area is 181 Å². The molecule has 0 saturated carbocycles. The van der Waals surface area contributed by atoms with Crippen LogP contribution in [0.25, 0.3) is 5.76 Å². The molecule has 1 aliphatic rings. The fourth-order valence-corrected chi connectivity index (χ4v) is 3.99. The van der Waals surface area contributed by atoms with Gasteiger partial charge >= 0.3 is 0 Å². The zero-order valence-electron chi connectivity index (χ0n) is 17.6. The summed E-state index contributed by atoms with van der Waals surface area (Å²) in [6.45, 7) is 6.57. The van der Waals surface area contributed by atoms with E-state index in [1.807, 2.05) is 31.2 Å². The minimum atomic E-state index is -0.689. The average molecular weight is 428 g/mol. The van der Waals surface area contributed by atoms with E-state index in [1.54, 1.807) is 12.1 Å². The molecule has 1 aliphatic heterocycles. The number of amides is 1. The van der Waals surface area contributed by atoms with Crippen LogP contribution >= 0.6 is 11.6 Å². The lowest BCUT2D eigenvalue weighted by atomic mass is 9.93. The molecule has 158 valence electrons. The maximum Gasteiger partial charge on any atom is 0.295 e. The molecule has 1 fully saturated rings. The highest BCUT2D eigenvalue weighted by atomic mass is 35.5. The van der Waals surface area contributed by atoms with E-state index >= 15 is 0 Å². The maximum atomic E-state index is 12.9. The maximum absolute atomic E-state index is 12.9. The van der Waals surface area contributed by atoms with Gasteiger partial charge in [-0.2, -0.15) is 0 Å². The van der Waals surface area contributed by atoms with Gasteiger partial charge in [-0.1, -0.05) is 56.6 Å². The van der Waals surface area contributed by atoms with Crippen molar-refractivity contribution in [2.24, 2.45) is 0 Å². The van der Waals surface area contributed by atoms with Gasteiger partial charge in [-0.3, -0.25) is 9.59 Å². The van der Waals surface area contributed by atoms with E-state index in [4.69, 9.17) is 16.3 Å². The summed E-state index contributed by atoms with van der Waals surface area (Å²) in [4.78, 5) is 27.2. The van der Waals surface area contributed by atoms with Crippen LogP contribution in [0.1, 0.15) is 55.8 Å². The van der Waals surface area contributed by atoms with Crippen molar-refractivity contribution >= 4 is 29.1 Å². The molecule has 1 heterocycles. The number of ketones is 1. The first kappa shape index (κ1) is 21.9. The van der Waals surface area contributed by atoms with Crippen molar-refractivity contribution in [2.45, 2.75) is 39.2 Å². The summed E-state index contributed by atoms with van der Waals surface area (Å²) in [5.41, 5.74) is 2.38. The third-order valence-electron chi connectivity index (χ3n) is 5.35. The van der Waals surface area contributed by atoms with Gasteiger partial charge in [0.25, 0.3) is 11.7 Å². The van der Waals surface area contributed by atoms with E-state index < -0.39 is 17.7 Å². The molecule has 5 nitrogen and oxygen atoms in total. The van der Waals surface area contributed by atoms with Gasteiger partial charge in [0.05, 0.1) is 23.7 Å². The van der Waals surface area contributed by atoms with Crippen LogP contribution in [0.4, 0.5) is 0 Å². The number of methoxy groups -OCH3 is 1. The molecule has 3 rings (SSSR count). The number of nitrogens with zero attached hydrogens (tertiary/aromatic N) is 1. The lowest BCUT2D eigenvalue weighted by molar-refractivity contribution is -0.139. The van der Waals surface area contributed by atoms with Crippen LogP contribution in [0.15, 0.2) is 48.0 Å². The number of likely N-dealkylation sites (tertiary alicyclic amines) is 1. The zero-order valence-corrected chi connectivity index (χ0v) is 18.4. The molecule has 1 saturated heterocycles. The van der Waals surface area contributed by atoms with Crippen molar-refractivity contribution in [1.82, 2.24) is 4.90 Å². The molecular formula is C24H26ClNO4. The summed E-state index contributed by atoms with van der Waals surface area (Å²) in [6, 6.07) is 11.9. The predicted octanol–water partition coefficient (Wildman–Crippen LogP) is 5.30. The van der Waals surface area contributed by atoms with E-state index in [2.05, 4.69) is 13.8 Å². The first-order chi connectivity index (χ1) is 14.3. The molecular weight excluding hydrogens is 402 g/mol. The largest absolute Gasteiger partial charge is 0.507 e. The predicted molar refractivity (Wildman–Crippen MR) is 118 cm³/mol. The molecule has 1 N–H and O–H groups in total. The highest BCUT2D eigenvalue weighted by molar-refractivity contribution is 6.46. The normalized spacial score (nSPS) is 18.3. The highest BCUT2D eigenvalue weighted by Gasteiger charge is 2.45. The Morgan fingerprint density at radius 3 is 2.37 bits per heavy atom. The second-order valence-corrected chi connectivity index (χ2v) is 8.07. The van der Waals surface area contributed by atoms with Gasteiger partial charge in [-0.05, 0) is 41.7 Å². The van der Waals surface area contributed by atoms with Crippen LogP contribution in [-0.4, -0.2) is 35.4 Å². The average Bonchev–Trinajstić information content (AvgIpc) is 2.98. The lowest BCUT2D eigenvalue weighted by Gasteiger charge is -2.25. The Hall–Kier alpha value is -2.79. The van der Waals surface area contributed by atoms with Crippen LogP contribution in [0.5, 0.6) is 5.75 Å². The van der Waals surface area contributed by atoms with E-state index in [0.717, 1.165) is 11.1 Å². The zero-order chi connectivity index (χ0) is 22.0. The molecule has 0 aliphatic carbocycles. The third-order valence-corrected chi connectivity index (χ3v) is 5.64. The molecule has 1 amide bonds. The standard InChI is InChI=1S/C24H26ClNO4/c1-5-12-26-21(16-8-6-15(7-9-16)14(2)3)20(23(28)24(26)29)22(27)17-10-11-19(30-4)18(25)13-17/h6-11,13-14,21,27H,5,12H2,1-4H3/b22-20-. The van der Waals surface area contributed by atoms with Crippen molar-refractivity contribution in [1.29, 1.82) is 0 Å². The Kier molecular flexibility index (Phi) is 6.52. The van der Waals surface area contributed by atoms with E-state index in [-0.39, 0.29) is 11.3 Å². The summed E-state index contributed by atoms with van der Waals surface area (Å²) >= 11 is 6.20. The molecule has 0 bridgehead atoms. The molecule has 2 aromatic rings. The van der Waals surface area contributed by atoms with Crippen LogP contribution in [0.2, 0.25) is 5.02 Å². The number of aliphatic hydroxyl groups is 1. The number of hydrogen-bond donors (Lipinski definition) is 1. The number of Topliss-reactive ketones (excluding diaryl/α,β-unsaturated/α-hetero) is 1. The molecule has 0 radical (unpaired) electrons. The van der Waals surface area contributed by atoms with E-state index in [9.17, 15) is 14.7 Å². The summed E-state index contributed by atoms with van der Waals surface area (Å²) in [7, 11) is 1.50. The van der Waals surface area contributed by atoms with Crippen molar-refractivity contribution in [3.05, 3.63) is 69.8 Å². The summed E-state index contributed by atoms with van der Waals surface area (Å²) in [6.07, 6.45) is 0.696. The van der Waals surface area contributed by atoms with Gasteiger partial charge in [-0.25, -0.2) is 0 Å². The number of ether oxygens (including phenoxy) is 1. The molecule has 30 heavy (non-hydrogen) atoms. The molecule has 1 atom stereocenters. The number of aliphatic hydroxyl groups excluding tert-OH is 1. The first-order valence-corrected chi connectivity index (χ1v) is 10.4. The van der Waals surface area contributed by atoms with Gasteiger partial charge in [0.2, 0.25) is 0 Å². The number of carbonyl (C=O) groups is 2.